The van der Waals surface area contributed by atoms with E-state index in [0.717, 1.165) is 13.1 Å². The van der Waals surface area contributed by atoms with Crippen LogP contribution in [-0.2, 0) is 6.42 Å². The molecule has 1 saturated heterocycles. The number of piperazine rings is 1. The Hall–Kier alpha value is 0.200. The minimum atomic E-state index is 0. The van der Waals surface area contributed by atoms with E-state index in [1.807, 2.05) is 0 Å². The summed E-state index contributed by atoms with van der Waals surface area (Å²) < 4.78 is 1.28. The van der Waals surface area contributed by atoms with Crippen LogP contribution < -0.4 is 5.32 Å². The molecule has 0 amide bonds. The van der Waals surface area contributed by atoms with E-state index in [2.05, 4.69) is 44.3 Å². The van der Waals surface area contributed by atoms with E-state index in [1.54, 1.807) is 0 Å². The van der Waals surface area contributed by atoms with Crippen LogP contribution in [0.1, 0.15) is 17.2 Å². The van der Waals surface area contributed by atoms with Gasteiger partial charge in [-0.05, 0) is 23.6 Å². The van der Waals surface area contributed by atoms with Crippen molar-refractivity contribution in [1.82, 2.24) is 10.2 Å². The fourth-order valence-corrected chi connectivity index (χ4v) is 3.41. The van der Waals surface area contributed by atoms with E-state index in [9.17, 15) is 0 Å². The van der Waals surface area contributed by atoms with Gasteiger partial charge in [0.2, 0.25) is 0 Å². The molecular formula is C12H17BrCl2N2. The van der Waals surface area contributed by atoms with Gasteiger partial charge in [-0.2, -0.15) is 0 Å². The molecule has 96 valence electrons. The number of nitrogens with one attached hydrogen (secondary N) is 1. The molecule has 1 aromatic rings. The molecule has 1 atom stereocenters. The molecule has 3 rings (SSSR count). The van der Waals surface area contributed by atoms with E-state index >= 15 is 0 Å². The number of rotatable bonds is 0. The van der Waals surface area contributed by atoms with Crippen LogP contribution in [0.25, 0.3) is 0 Å². The van der Waals surface area contributed by atoms with Crippen LogP contribution in [0.15, 0.2) is 22.7 Å². The van der Waals surface area contributed by atoms with Gasteiger partial charge in [0.15, 0.2) is 0 Å². The smallest absolute Gasteiger partial charge is 0.0487 e. The van der Waals surface area contributed by atoms with Crippen molar-refractivity contribution in [1.29, 1.82) is 0 Å². The second kappa shape index (κ2) is 6.39. The summed E-state index contributed by atoms with van der Waals surface area (Å²) in [5, 5.41) is 3.49. The molecule has 2 aliphatic rings. The first-order valence-electron chi connectivity index (χ1n) is 5.58. The van der Waals surface area contributed by atoms with Gasteiger partial charge in [0, 0.05) is 36.7 Å². The van der Waals surface area contributed by atoms with Gasteiger partial charge in [-0.3, -0.25) is 4.90 Å². The van der Waals surface area contributed by atoms with Crippen molar-refractivity contribution in [2.75, 3.05) is 26.2 Å². The standard InChI is InChI=1S/C12H15BrN2.2ClH/c13-10-3-1-2-9-4-6-15-7-5-14-8-11(15)12(9)10;;/h1-3,11,14H,4-8H2;2*1H. The number of halogens is 3. The van der Waals surface area contributed by atoms with Gasteiger partial charge >= 0.3 is 0 Å². The molecule has 2 heterocycles. The quantitative estimate of drug-likeness (QED) is 0.781. The van der Waals surface area contributed by atoms with Gasteiger partial charge in [0.25, 0.3) is 0 Å². The number of nitrogens with zero attached hydrogens (tertiary/aromatic N) is 1. The number of hydrogen-bond acceptors (Lipinski definition) is 2. The van der Waals surface area contributed by atoms with Crippen molar-refractivity contribution < 1.29 is 0 Å². The van der Waals surface area contributed by atoms with E-state index < -0.39 is 0 Å². The summed E-state index contributed by atoms with van der Waals surface area (Å²) in [6.45, 7) is 4.63. The van der Waals surface area contributed by atoms with Gasteiger partial charge in [0.05, 0.1) is 0 Å². The Labute approximate surface area is 123 Å². The third-order valence-corrected chi connectivity index (χ3v) is 4.19. The monoisotopic (exact) mass is 338 g/mol. The lowest BCUT2D eigenvalue weighted by Gasteiger charge is -2.41. The molecule has 1 fully saturated rings. The molecule has 17 heavy (non-hydrogen) atoms. The third kappa shape index (κ3) is 2.79. The fraction of sp³-hybridized carbons (Fsp3) is 0.500. The van der Waals surface area contributed by atoms with Gasteiger partial charge in [-0.15, -0.1) is 24.8 Å². The van der Waals surface area contributed by atoms with Crippen LogP contribution in [0.5, 0.6) is 0 Å². The predicted molar refractivity (Wildman–Crippen MR) is 79.5 cm³/mol. The lowest BCUT2D eigenvalue weighted by molar-refractivity contribution is 0.151. The van der Waals surface area contributed by atoms with Crippen LogP contribution in [0.2, 0.25) is 0 Å². The Balaban J connectivity index is 0.000000722. The summed E-state index contributed by atoms with van der Waals surface area (Å²) in [5.41, 5.74) is 3.03. The zero-order valence-electron chi connectivity index (χ0n) is 9.49. The second-order valence-electron chi connectivity index (χ2n) is 4.32. The molecule has 0 bridgehead atoms. The van der Waals surface area contributed by atoms with Crippen LogP contribution in [0.4, 0.5) is 0 Å². The van der Waals surface area contributed by atoms with E-state index in [0.29, 0.717) is 6.04 Å². The Morgan fingerprint density at radius 1 is 1.24 bits per heavy atom. The van der Waals surface area contributed by atoms with E-state index in [4.69, 9.17) is 0 Å². The minimum absolute atomic E-state index is 0. The molecule has 5 heteroatoms. The highest BCUT2D eigenvalue weighted by Crippen LogP contribution is 2.35. The molecule has 1 unspecified atom stereocenters. The van der Waals surface area contributed by atoms with Crippen molar-refractivity contribution in [3.63, 3.8) is 0 Å². The van der Waals surface area contributed by atoms with Gasteiger partial charge in [-0.1, -0.05) is 28.1 Å². The highest BCUT2D eigenvalue weighted by Gasteiger charge is 2.30. The maximum atomic E-state index is 3.69. The molecule has 0 spiro atoms. The summed E-state index contributed by atoms with van der Waals surface area (Å²) >= 11 is 3.69. The SMILES string of the molecule is Brc1cccc2c1C1CNCCN1CC2.Cl.Cl. The third-order valence-electron chi connectivity index (χ3n) is 3.50. The van der Waals surface area contributed by atoms with Crippen molar-refractivity contribution >= 4 is 40.7 Å². The largest absolute Gasteiger partial charge is 0.314 e. The maximum Gasteiger partial charge on any atom is 0.0487 e. The average Bonchev–Trinajstić information content (AvgIpc) is 2.29. The van der Waals surface area contributed by atoms with Crippen molar-refractivity contribution in [3.8, 4) is 0 Å². The molecule has 2 nitrogen and oxygen atoms in total. The molecule has 2 aliphatic heterocycles. The Kier molecular flexibility index (Phi) is 5.74. The minimum Gasteiger partial charge on any atom is -0.314 e. The van der Waals surface area contributed by atoms with Crippen LogP contribution in [0, 0.1) is 0 Å². The van der Waals surface area contributed by atoms with Crippen LogP contribution >= 0.6 is 40.7 Å². The lowest BCUT2D eigenvalue weighted by Crippen LogP contribution is -2.49. The first kappa shape index (κ1) is 15.3. The topological polar surface area (TPSA) is 15.3 Å². The normalized spacial score (nSPS) is 22.8. The number of hydrogen-bond donors (Lipinski definition) is 1. The Morgan fingerprint density at radius 2 is 2.06 bits per heavy atom. The van der Waals surface area contributed by atoms with Crippen LogP contribution in [-0.4, -0.2) is 31.1 Å². The zero-order chi connectivity index (χ0) is 10.3. The van der Waals surface area contributed by atoms with Gasteiger partial charge in [-0.25, -0.2) is 0 Å². The van der Waals surface area contributed by atoms with Gasteiger partial charge in [0.1, 0.15) is 0 Å². The van der Waals surface area contributed by atoms with Gasteiger partial charge < -0.3 is 5.32 Å². The highest BCUT2D eigenvalue weighted by molar-refractivity contribution is 9.10. The highest BCUT2D eigenvalue weighted by atomic mass is 79.9. The molecule has 0 aliphatic carbocycles. The average molecular weight is 340 g/mol. The summed E-state index contributed by atoms with van der Waals surface area (Å²) in [5.74, 6) is 0. The van der Waals surface area contributed by atoms with Crippen LogP contribution in [0.3, 0.4) is 0 Å². The second-order valence-corrected chi connectivity index (χ2v) is 5.17. The fourth-order valence-electron chi connectivity index (χ4n) is 2.74. The number of benzene rings is 1. The molecule has 0 radical (unpaired) electrons. The predicted octanol–water partition coefficient (Wildman–Crippen LogP) is 2.80. The molecule has 1 aromatic carbocycles. The molecule has 0 saturated carbocycles. The molecule has 0 aromatic heterocycles. The van der Waals surface area contributed by atoms with Crippen molar-refractivity contribution in [2.24, 2.45) is 0 Å². The lowest BCUT2D eigenvalue weighted by atomic mass is 9.91. The van der Waals surface area contributed by atoms with Crippen molar-refractivity contribution in [2.45, 2.75) is 12.5 Å². The van der Waals surface area contributed by atoms with E-state index in [1.165, 1.54) is 35.1 Å². The number of fused-ring (bicyclic) bond motifs is 3. The van der Waals surface area contributed by atoms with Crippen molar-refractivity contribution in [3.05, 3.63) is 33.8 Å². The summed E-state index contributed by atoms with van der Waals surface area (Å²) in [4.78, 5) is 2.60. The summed E-state index contributed by atoms with van der Waals surface area (Å²) in [6.07, 6.45) is 1.20. The molecule has 1 N–H and O–H groups in total. The summed E-state index contributed by atoms with van der Waals surface area (Å²) in [7, 11) is 0. The molecular weight excluding hydrogens is 323 g/mol. The van der Waals surface area contributed by atoms with E-state index in [-0.39, 0.29) is 24.8 Å². The maximum absolute atomic E-state index is 3.69. The first-order chi connectivity index (χ1) is 7.36. The first-order valence-corrected chi connectivity index (χ1v) is 6.37. The Bertz CT molecular complexity index is 387. The summed E-state index contributed by atoms with van der Waals surface area (Å²) in [6, 6.07) is 7.16. The Morgan fingerprint density at radius 3 is 2.88 bits per heavy atom. The zero-order valence-corrected chi connectivity index (χ0v) is 12.7.